The lowest BCUT2D eigenvalue weighted by Gasteiger charge is -2.20. The number of aliphatic carboxylic acids is 1. The van der Waals surface area contributed by atoms with Gasteiger partial charge in [-0.25, -0.2) is 0 Å². The largest absolute Gasteiger partial charge is 0.481 e. The van der Waals surface area contributed by atoms with Gasteiger partial charge in [0.1, 0.15) is 11.5 Å². The lowest BCUT2D eigenvalue weighted by molar-refractivity contribution is -0.385. The molecule has 0 saturated carbocycles. The molecule has 0 aliphatic carbocycles. The van der Waals surface area contributed by atoms with E-state index >= 15 is 0 Å². The van der Waals surface area contributed by atoms with Crippen molar-refractivity contribution in [2.24, 2.45) is 0 Å². The van der Waals surface area contributed by atoms with Gasteiger partial charge in [0.05, 0.1) is 28.6 Å². The van der Waals surface area contributed by atoms with Gasteiger partial charge < -0.3 is 20.5 Å². The molecular formula is C35H28ClN3O6. The lowest BCUT2D eigenvalue weighted by atomic mass is 9.98. The van der Waals surface area contributed by atoms with Crippen LogP contribution in [0.3, 0.4) is 0 Å². The maximum absolute atomic E-state index is 13.6. The van der Waals surface area contributed by atoms with E-state index in [1.807, 2.05) is 66.7 Å². The molecule has 0 spiro atoms. The highest BCUT2D eigenvalue weighted by Gasteiger charge is 2.22. The number of ether oxygens (including phenoxy) is 1. The molecule has 5 rings (SSSR count). The van der Waals surface area contributed by atoms with Crippen molar-refractivity contribution in [1.82, 2.24) is 5.32 Å². The summed E-state index contributed by atoms with van der Waals surface area (Å²) < 4.78 is 6.10. The number of halogens is 1. The van der Waals surface area contributed by atoms with Gasteiger partial charge in [0.15, 0.2) is 0 Å². The van der Waals surface area contributed by atoms with E-state index in [0.29, 0.717) is 34.0 Å². The molecule has 5 aromatic rings. The molecule has 10 heteroatoms. The quantitative estimate of drug-likeness (QED) is 0.0993. The molecule has 1 atom stereocenters. The van der Waals surface area contributed by atoms with Gasteiger partial charge in [-0.1, -0.05) is 78.3 Å². The van der Waals surface area contributed by atoms with Gasteiger partial charge in [0, 0.05) is 27.9 Å². The number of hydrogen-bond acceptors (Lipinski definition) is 6. The van der Waals surface area contributed by atoms with Crippen LogP contribution in [-0.4, -0.2) is 21.9 Å². The molecule has 0 radical (unpaired) electrons. The fourth-order valence-electron chi connectivity index (χ4n) is 4.82. The number of carboxylic acids is 1. The Morgan fingerprint density at radius 2 is 1.62 bits per heavy atom. The zero-order valence-corrected chi connectivity index (χ0v) is 24.8. The second kappa shape index (κ2) is 13.7. The number of carbonyl (C=O) groups excluding carboxylic acids is 1. The molecule has 3 N–H and O–H groups in total. The summed E-state index contributed by atoms with van der Waals surface area (Å²) in [5, 5.41) is 27.3. The summed E-state index contributed by atoms with van der Waals surface area (Å²) in [5.41, 5.74) is 3.59. The fourth-order valence-corrected chi connectivity index (χ4v) is 4.99. The predicted octanol–water partition coefficient (Wildman–Crippen LogP) is 8.71. The van der Waals surface area contributed by atoms with Crippen LogP contribution in [0.4, 0.5) is 17.1 Å². The molecule has 9 nitrogen and oxygen atoms in total. The Bertz CT molecular complexity index is 1860. The van der Waals surface area contributed by atoms with Crippen molar-refractivity contribution in [3.05, 3.63) is 147 Å². The minimum atomic E-state index is -1.10. The number of carbonyl (C=O) groups is 2. The molecule has 5 aromatic carbocycles. The van der Waals surface area contributed by atoms with Crippen molar-refractivity contribution >= 4 is 40.5 Å². The van der Waals surface area contributed by atoms with Crippen LogP contribution >= 0.6 is 11.6 Å². The van der Waals surface area contributed by atoms with Crippen molar-refractivity contribution < 1.29 is 24.4 Å². The first-order valence-corrected chi connectivity index (χ1v) is 14.3. The van der Waals surface area contributed by atoms with Gasteiger partial charge in [-0.3, -0.25) is 19.7 Å². The van der Waals surface area contributed by atoms with Crippen LogP contribution in [-0.2, 0) is 4.79 Å². The van der Waals surface area contributed by atoms with Crippen LogP contribution in [0.25, 0.3) is 11.1 Å². The Morgan fingerprint density at radius 3 is 2.33 bits per heavy atom. The topological polar surface area (TPSA) is 131 Å². The predicted molar refractivity (Wildman–Crippen MR) is 173 cm³/mol. The monoisotopic (exact) mass is 621 g/mol. The zero-order valence-electron chi connectivity index (χ0n) is 24.1. The summed E-state index contributed by atoms with van der Waals surface area (Å²) in [6.07, 6.45) is -0.369. The third-order valence-corrected chi connectivity index (χ3v) is 7.31. The second-order valence-electron chi connectivity index (χ2n) is 10.2. The van der Waals surface area contributed by atoms with Crippen molar-refractivity contribution in [2.75, 3.05) is 5.32 Å². The van der Waals surface area contributed by atoms with Gasteiger partial charge in [-0.05, 0) is 60.5 Å². The number of aryl methyl sites for hydroxylation is 1. The number of nitro groups is 1. The molecule has 0 fully saturated rings. The van der Waals surface area contributed by atoms with Gasteiger partial charge in [0.25, 0.3) is 11.6 Å². The van der Waals surface area contributed by atoms with E-state index in [-0.39, 0.29) is 22.7 Å². The summed E-state index contributed by atoms with van der Waals surface area (Å²) in [4.78, 5) is 36.4. The number of hydrogen-bond donors (Lipinski definition) is 3. The summed E-state index contributed by atoms with van der Waals surface area (Å²) >= 11 is 6.23. The zero-order chi connectivity index (χ0) is 31.9. The Hall–Kier alpha value is -5.67. The first-order chi connectivity index (χ1) is 21.7. The highest BCUT2D eigenvalue weighted by Crippen LogP contribution is 2.34. The highest BCUT2D eigenvalue weighted by molar-refractivity contribution is 6.31. The fraction of sp³-hybridized carbons (Fsp3) is 0.0857. The number of rotatable bonds is 11. The average Bonchev–Trinajstić information content (AvgIpc) is 3.03. The number of nitro benzene ring substituents is 1. The van der Waals surface area contributed by atoms with E-state index in [0.717, 1.165) is 11.1 Å². The van der Waals surface area contributed by atoms with Crippen LogP contribution in [0, 0.1) is 17.0 Å². The Kier molecular flexibility index (Phi) is 9.40. The SMILES string of the molecule is Cc1ccc(Nc2ccc(Cl)cc2C(=O)NC(CC(=O)O)c2ccc(-c3ccccc3Oc3ccccc3)cc2)cc1[N+](=O)[O-]. The third-order valence-electron chi connectivity index (χ3n) is 7.08. The van der Waals surface area contributed by atoms with Gasteiger partial charge >= 0.3 is 5.97 Å². The molecule has 0 aliphatic rings. The summed E-state index contributed by atoms with van der Waals surface area (Å²) in [6.45, 7) is 1.63. The lowest BCUT2D eigenvalue weighted by Crippen LogP contribution is -2.30. The smallest absolute Gasteiger partial charge is 0.305 e. The van der Waals surface area contributed by atoms with E-state index in [9.17, 15) is 24.8 Å². The van der Waals surface area contributed by atoms with Gasteiger partial charge in [0.2, 0.25) is 0 Å². The van der Waals surface area contributed by atoms with Crippen molar-refractivity contribution in [3.8, 4) is 22.6 Å². The Labute approximate surface area is 264 Å². The number of para-hydroxylation sites is 2. The minimum absolute atomic E-state index is 0.0702. The first-order valence-electron chi connectivity index (χ1n) is 13.9. The maximum atomic E-state index is 13.6. The van der Waals surface area contributed by atoms with Crippen molar-refractivity contribution in [2.45, 2.75) is 19.4 Å². The summed E-state index contributed by atoms with van der Waals surface area (Å²) in [7, 11) is 0. The third kappa shape index (κ3) is 7.65. The molecule has 0 heterocycles. The van der Waals surface area contributed by atoms with E-state index in [2.05, 4.69) is 10.6 Å². The van der Waals surface area contributed by atoms with Crippen molar-refractivity contribution in [3.63, 3.8) is 0 Å². The van der Waals surface area contributed by atoms with Crippen LogP contribution in [0.15, 0.2) is 115 Å². The Morgan fingerprint density at radius 1 is 0.911 bits per heavy atom. The molecule has 0 aromatic heterocycles. The van der Waals surface area contributed by atoms with Crippen LogP contribution < -0.4 is 15.4 Å². The Balaban J connectivity index is 1.40. The van der Waals surface area contributed by atoms with Crippen LogP contribution in [0.5, 0.6) is 11.5 Å². The average molecular weight is 622 g/mol. The summed E-state index contributed by atoms with van der Waals surface area (Å²) in [5.74, 6) is -0.311. The molecule has 45 heavy (non-hydrogen) atoms. The molecular weight excluding hydrogens is 594 g/mol. The van der Waals surface area contributed by atoms with Crippen LogP contribution in [0.1, 0.15) is 33.9 Å². The molecule has 1 unspecified atom stereocenters. The summed E-state index contributed by atoms with van der Waals surface area (Å²) in [6, 6.07) is 32.6. The molecule has 0 saturated heterocycles. The van der Waals surface area contributed by atoms with E-state index in [1.165, 1.54) is 12.1 Å². The second-order valence-corrected chi connectivity index (χ2v) is 10.7. The number of amides is 1. The van der Waals surface area contributed by atoms with Crippen LogP contribution in [0.2, 0.25) is 5.02 Å². The normalized spacial score (nSPS) is 11.3. The number of anilines is 2. The van der Waals surface area contributed by atoms with Gasteiger partial charge in [-0.15, -0.1) is 0 Å². The first kappa shape index (κ1) is 30.8. The van der Waals surface area contributed by atoms with E-state index in [1.54, 1.807) is 43.3 Å². The van der Waals surface area contributed by atoms with Crippen molar-refractivity contribution in [1.29, 1.82) is 0 Å². The number of benzene rings is 5. The standard InChI is InChI=1S/C35H28ClN3O6/c1-22-11-17-26(20-32(22)39(43)44)37-30-18-16-25(36)19-29(30)35(42)38-31(21-34(40)41)24-14-12-23(13-15-24)28-9-5-6-10-33(28)45-27-7-3-2-4-8-27/h2-20,31,37H,21H2,1H3,(H,38,42)(H,40,41). The number of carboxylic acid groups (broad SMARTS) is 1. The minimum Gasteiger partial charge on any atom is -0.481 e. The molecule has 226 valence electrons. The molecule has 1 amide bonds. The maximum Gasteiger partial charge on any atom is 0.305 e. The van der Waals surface area contributed by atoms with E-state index < -0.39 is 22.8 Å². The van der Waals surface area contributed by atoms with E-state index in [4.69, 9.17) is 16.3 Å². The van der Waals surface area contributed by atoms with Gasteiger partial charge in [-0.2, -0.15) is 0 Å². The number of nitrogens with zero attached hydrogens (tertiary/aromatic N) is 1. The molecule has 0 aliphatic heterocycles. The highest BCUT2D eigenvalue weighted by atomic mass is 35.5. The molecule has 0 bridgehead atoms. The number of nitrogens with one attached hydrogen (secondary N) is 2.